The topological polar surface area (TPSA) is 59.8 Å². The van der Waals surface area contributed by atoms with Crippen molar-refractivity contribution in [2.45, 2.75) is 31.5 Å². The van der Waals surface area contributed by atoms with Crippen LogP contribution >= 0.6 is 46.3 Å². The highest BCUT2D eigenvalue weighted by molar-refractivity contribution is 7.99. The number of thiophene rings is 1. The van der Waals surface area contributed by atoms with Crippen LogP contribution in [0.25, 0.3) is 11.4 Å². The Labute approximate surface area is 188 Å². The number of aromatic nitrogens is 3. The van der Waals surface area contributed by atoms with Crippen LogP contribution in [-0.4, -0.2) is 26.4 Å². The van der Waals surface area contributed by atoms with Crippen molar-refractivity contribution in [3.8, 4) is 11.4 Å². The van der Waals surface area contributed by atoms with Gasteiger partial charge in [-0.1, -0.05) is 60.5 Å². The Morgan fingerprint density at radius 3 is 2.79 bits per heavy atom. The van der Waals surface area contributed by atoms with Crippen LogP contribution in [0.15, 0.2) is 47.5 Å². The molecule has 1 amide bonds. The Hall–Kier alpha value is -1.80. The minimum Gasteiger partial charge on any atom is -0.323 e. The highest BCUT2D eigenvalue weighted by atomic mass is 35.5. The summed E-state index contributed by atoms with van der Waals surface area (Å²) >= 11 is 15.3. The molecular formula is C20H20Cl2N4OS2. The lowest BCUT2D eigenvalue weighted by molar-refractivity contribution is -0.113. The largest absolute Gasteiger partial charge is 0.323 e. The molecule has 0 aliphatic heterocycles. The van der Waals surface area contributed by atoms with E-state index in [2.05, 4.69) is 40.5 Å². The van der Waals surface area contributed by atoms with E-state index < -0.39 is 0 Å². The number of carbonyl (C=O) groups excluding carboxylic acids is 1. The molecule has 3 rings (SSSR count). The Morgan fingerprint density at radius 1 is 1.34 bits per heavy atom. The number of nitrogens with zero attached hydrogens (tertiary/aromatic N) is 3. The number of allylic oxidation sites excluding steroid dienone is 1. The third-order valence-corrected chi connectivity index (χ3v) is 6.59. The molecular weight excluding hydrogens is 447 g/mol. The van der Waals surface area contributed by atoms with Gasteiger partial charge in [0.05, 0.1) is 21.5 Å². The third kappa shape index (κ3) is 5.42. The fourth-order valence-corrected chi connectivity index (χ4v) is 4.91. The highest BCUT2D eigenvalue weighted by Crippen LogP contribution is 2.31. The molecule has 2 heterocycles. The number of thioether (sulfide) groups is 1. The number of carbonyl (C=O) groups is 1. The first-order valence-corrected chi connectivity index (χ1v) is 11.6. The van der Waals surface area contributed by atoms with Crippen molar-refractivity contribution in [3.05, 3.63) is 57.2 Å². The van der Waals surface area contributed by atoms with E-state index in [0.717, 1.165) is 24.2 Å². The maximum absolute atomic E-state index is 12.4. The maximum Gasteiger partial charge on any atom is 0.234 e. The normalized spacial score (nSPS) is 10.9. The number of nitrogens with one attached hydrogen (secondary N) is 1. The van der Waals surface area contributed by atoms with Crippen LogP contribution in [-0.2, 0) is 17.8 Å². The predicted molar refractivity (Wildman–Crippen MR) is 123 cm³/mol. The van der Waals surface area contributed by atoms with Crippen molar-refractivity contribution in [1.82, 2.24) is 14.8 Å². The second kappa shape index (κ2) is 10.3. The zero-order valence-electron chi connectivity index (χ0n) is 15.8. The summed E-state index contributed by atoms with van der Waals surface area (Å²) in [4.78, 5) is 13.7. The second-order valence-corrected chi connectivity index (χ2v) is 8.94. The van der Waals surface area contributed by atoms with Gasteiger partial charge in [-0.2, -0.15) is 0 Å². The average molecular weight is 467 g/mol. The standard InChI is InChI=1S/C20H20Cl2N4OS2/c1-3-6-14-10-13(11-28-14)19-24-25-20(26(19)9-4-2)29-12-17(27)23-18-15(21)7-5-8-16(18)22/h4-5,7-8,10-11H,2-3,6,9,12H2,1H3,(H,23,27). The summed E-state index contributed by atoms with van der Waals surface area (Å²) in [6.07, 6.45) is 3.94. The molecule has 0 unspecified atom stereocenters. The molecule has 3 aromatic rings. The molecule has 2 aromatic heterocycles. The molecule has 0 radical (unpaired) electrons. The zero-order chi connectivity index (χ0) is 20.8. The molecule has 0 bridgehead atoms. The molecule has 1 aromatic carbocycles. The molecule has 0 fully saturated rings. The average Bonchev–Trinajstić information content (AvgIpc) is 3.31. The SMILES string of the molecule is C=CCn1c(SCC(=O)Nc2c(Cl)cccc2Cl)nnc1-c1csc(CCC)c1. The predicted octanol–water partition coefficient (Wildman–Crippen LogP) is 6.18. The molecule has 0 saturated carbocycles. The van der Waals surface area contributed by atoms with E-state index in [0.29, 0.717) is 27.4 Å². The van der Waals surface area contributed by atoms with E-state index in [4.69, 9.17) is 23.2 Å². The molecule has 0 aliphatic rings. The smallest absolute Gasteiger partial charge is 0.234 e. The van der Waals surface area contributed by atoms with Gasteiger partial charge in [0.1, 0.15) is 0 Å². The highest BCUT2D eigenvalue weighted by Gasteiger charge is 2.17. The number of anilines is 1. The minimum absolute atomic E-state index is 0.154. The quantitative estimate of drug-likeness (QED) is 0.302. The molecule has 0 spiro atoms. The van der Waals surface area contributed by atoms with Gasteiger partial charge in [-0.05, 0) is 24.6 Å². The lowest BCUT2D eigenvalue weighted by Crippen LogP contribution is -2.15. The number of amides is 1. The van der Waals surface area contributed by atoms with E-state index in [-0.39, 0.29) is 11.7 Å². The summed E-state index contributed by atoms with van der Waals surface area (Å²) in [5, 5.41) is 14.9. The van der Waals surface area contributed by atoms with Crippen LogP contribution in [0.5, 0.6) is 0 Å². The van der Waals surface area contributed by atoms with Gasteiger partial charge < -0.3 is 5.32 Å². The van der Waals surface area contributed by atoms with Gasteiger partial charge in [0.15, 0.2) is 11.0 Å². The van der Waals surface area contributed by atoms with Crippen molar-refractivity contribution in [1.29, 1.82) is 0 Å². The van der Waals surface area contributed by atoms with Crippen molar-refractivity contribution in [3.63, 3.8) is 0 Å². The molecule has 5 nitrogen and oxygen atoms in total. The van der Waals surface area contributed by atoms with Gasteiger partial charge in [0.25, 0.3) is 0 Å². The first-order chi connectivity index (χ1) is 14.0. The van der Waals surface area contributed by atoms with Gasteiger partial charge in [0.2, 0.25) is 5.91 Å². The number of hydrogen-bond donors (Lipinski definition) is 1. The Balaban J connectivity index is 1.72. The van der Waals surface area contributed by atoms with Crippen molar-refractivity contribution >= 4 is 57.9 Å². The number of halogens is 2. The van der Waals surface area contributed by atoms with Gasteiger partial charge in [-0.25, -0.2) is 0 Å². The monoisotopic (exact) mass is 466 g/mol. The summed E-state index contributed by atoms with van der Waals surface area (Å²) in [6.45, 7) is 6.54. The van der Waals surface area contributed by atoms with Gasteiger partial charge in [-0.15, -0.1) is 28.1 Å². The number of para-hydroxylation sites is 1. The first kappa shape index (κ1) is 21.9. The molecule has 29 heavy (non-hydrogen) atoms. The lowest BCUT2D eigenvalue weighted by atomic mass is 10.2. The van der Waals surface area contributed by atoms with Gasteiger partial charge in [-0.3, -0.25) is 9.36 Å². The van der Waals surface area contributed by atoms with E-state index in [1.165, 1.54) is 16.6 Å². The summed E-state index contributed by atoms with van der Waals surface area (Å²) in [5.74, 6) is 0.711. The summed E-state index contributed by atoms with van der Waals surface area (Å²) in [5.41, 5.74) is 1.45. The Morgan fingerprint density at radius 2 is 2.10 bits per heavy atom. The number of benzene rings is 1. The number of rotatable bonds is 9. The lowest BCUT2D eigenvalue weighted by Gasteiger charge is -2.09. The van der Waals surface area contributed by atoms with E-state index in [1.807, 2.05) is 4.57 Å². The molecule has 0 aliphatic carbocycles. The summed E-state index contributed by atoms with van der Waals surface area (Å²) in [7, 11) is 0. The minimum atomic E-state index is -0.222. The molecule has 1 N–H and O–H groups in total. The third-order valence-electron chi connectivity index (χ3n) is 4.00. The van der Waals surface area contributed by atoms with Crippen LogP contribution in [0.2, 0.25) is 10.0 Å². The van der Waals surface area contributed by atoms with E-state index >= 15 is 0 Å². The van der Waals surface area contributed by atoms with Crippen LogP contribution in [0.4, 0.5) is 5.69 Å². The van der Waals surface area contributed by atoms with Crippen LogP contribution in [0, 0.1) is 0 Å². The van der Waals surface area contributed by atoms with Gasteiger partial charge in [0, 0.05) is 22.4 Å². The maximum atomic E-state index is 12.4. The van der Waals surface area contributed by atoms with Crippen LogP contribution in [0.3, 0.4) is 0 Å². The molecule has 152 valence electrons. The van der Waals surface area contributed by atoms with E-state index in [1.54, 1.807) is 35.6 Å². The van der Waals surface area contributed by atoms with Crippen molar-refractivity contribution in [2.75, 3.05) is 11.1 Å². The first-order valence-electron chi connectivity index (χ1n) is 9.02. The molecule has 0 saturated heterocycles. The summed E-state index contributed by atoms with van der Waals surface area (Å²) in [6, 6.07) is 7.23. The number of hydrogen-bond acceptors (Lipinski definition) is 5. The van der Waals surface area contributed by atoms with Crippen molar-refractivity contribution in [2.24, 2.45) is 0 Å². The van der Waals surface area contributed by atoms with Gasteiger partial charge >= 0.3 is 0 Å². The van der Waals surface area contributed by atoms with E-state index in [9.17, 15) is 4.79 Å². The second-order valence-electron chi connectivity index (χ2n) is 6.19. The fraction of sp³-hybridized carbons (Fsp3) is 0.250. The molecule has 0 atom stereocenters. The van der Waals surface area contributed by atoms with Crippen LogP contribution < -0.4 is 5.32 Å². The Kier molecular flexibility index (Phi) is 7.77. The zero-order valence-corrected chi connectivity index (χ0v) is 19.0. The fourth-order valence-electron chi connectivity index (χ4n) is 2.70. The summed E-state index contributed by atoms with van der Waals surface area (Å²) < 4.78 is 1.96. The van der Waals surface area contributed by atoms with Crippen LogP contribution in [0.1, 0.15) is 18.2 Å². The molecule has 9 heteroatoms. The van der Waals surface area contributed by atoms with Crippen molar-refractivity contribution < 1.29 is 4.79 Å². The number of aryl methyl sites for hydroxylation is 1. The Bertz CT molecular complexity index is 996.